The maximum absolute atomic E-state index is 5.71. The van der Waals surface area contributed by atoms with E-state index in [0.29, 0.717) is 5.92 Å². The van der Waals surface area contributed by atoms with E-state index >= 15 is 0 Å². The summed E-state index contributed by atoms with van der Waals surface area (Å²) in [6.07, 6.45) is 3.73. The Bertz CT molecular complexity index is 600. The summed E-state index contributed by atoms with van der Waals surface area (Å²) < 4.78 is 1.99. The van der Waals surface area contributed by atoms with Crippen molar-refractivity contribution in [2.75, 3.05) is 44.2 Å². The molecule has 0 aliphatic carbocycles. The zero-order chi connectivity index (χ0) is 14.8. The Morgan fingerprint density at radius 1 is 1.24 bits per heavy atom. The summed E-state index contributed by atoms with van der Waals surface area (Å²) in [4.78, 5) is 9.28. The number of anilines is 1. The Morgan fingerprint density at radius 3 is 2.71 bits per heavy atom. The number of rotatable bonds is 4. The highest BCUT2D eigenvalue weighted by Crippen LogP contribution is 2.19. The molecule has 114 valence electrons. The minimum atomic E-state index is 0.553. The van der Waals surface area contributed by atoms with Gasteiger partial charge in [-0.2, -0.15) is 0 Å². The second-order valence-corrected chi connectivity index (χ2v) is 5.82. The predicted octanol–water partition coefficient (Wildman–Crippen LogP) is 0.150. The Morgan fingerprint density at radius 2 is 2.00 bits per heavy atom. The molecule has 1 atom stereocenters. The maximum Gasteiger partial charge on any atom is 0.203 e. The summed E-state index contributed by atoms with van der Waals surface area (Å²) in [5.74, 6) is 2.38. The number of hydrogen-bond acceptors (Lipinski definition) is 6. The van der Waals surface area contributed by atoms with Crippen LogP contribution in [-0.2, 0) is 0 Å². The number of aryl methyl sites for hydroxylation is 1. The third kappa shape index (κ3) is 2.84. The van der Waals surface area contributed by atoms with Gasteiger partial charge in [0.2, 0.25) is 5.65 Å². The summed E-state index contributed by atoms with van der Waals surface area (Å²) in [6.45, 7) is 10.0. The van der Waals surface area contributed by atoms with Gasteiger partial charge in [0.15, 0.2) is 5.82 Å². The first-order chi connectivity index (χ1) is 10.2. The van der Waals surface area contributed by atoms with Crippen molar-refractivity contribution < 1.29 is 0 Å². The van der Waals surface area contributed by atoms with Crippen LogP contribution in [0.1, 0.15) is 12.7 Å². The molecular formula is C14H23N7. The average Bonchev–Trinajstić information content (AvgIpc) is 2.90. The molecule has 3 heterocycles. The van der Waals surface area contributed by atoms with Crippen LogP contribution in [0.5, 0.6) is 0 Å². The lowest BCUT2D eigenvalue weighted by molar-refractivity contribution is 0.227. The van der Waals surface area contributed by atoms with Crippen LogP contribution in [0.25, 0.3) is 5.65 Å². The lowest BCUT2D eigenvalue weighted by atomic mass is 10.1. The van der Waals surface area contributed by atoms with Gasteiger partial charge in [-0.05, 0) is 19.4 Å². The molecule has 21 heavy (non-hydrogen) atoms. The van der Waals surface area contributed by atoms with Crippen molar-refractivity contribution in [3.05, 3.63) is 18.2 Å². The van der Waals surface area contributed by atoms with E-state index in [1.165, 1.54) is 0 Å². The molecule has 1 aliphatic heterocycles. The normalized spacial score (nSPS) is 18.3. The number of aromatic nitrogens is 4. The molecule has 2 N–H and O–H groups in total. The van der Waals surface area contributed by atoms with Gasteiger partial charge in [0.1, 0.15) is 5.82 Å². The van der Waals surface area contributed by atoms with E-state index in [1.807, 2.05) is 23.7 Å². The van der Waals surface area contributed by atoms with Gasteiger partial charge in [-0.25, -0.2) is 4.98 Å². The van der Waals surface area contributed by atoms with E-state index in [2.05, 4.69) is 31.9 Å². The maximum atomic E-state index is 5.71. The minimum Gasteiger partial charge on any atom is -0.351 e. The highest BCUT2D eigenvalue weighted by atomic mass is 15.3. The van der Waals surface area contributed by atoms with Crippen LogP contribution in [0.3, 0.4) is 0 Å². The lowest BCUT2D eigenvalue weighted by Gasteiger charge is -2.36. The Kier molecular flexibility index (Phi) is 4.03. The summed E-state index contributed by atoms with van der Waals surface area (Å²) in [6, 6.07) is 0. The number of fused-ring (bicyclic) bond motifs is 1. The van der Waals surface area contributed by atoms with Crippen LogP contribution in [-0.4, -0.2) is 63.8 Å². The van der Waals surface area contributed by atoms with Crippen molar-refractivity contribution in [3.8, 4) is 0 Å². The zero-order valence-corrected chi connectivity index (χ0v) is 12.7. The van der Waals surface area contributed by atoms with Crippen molar-refractivity contribution >= 4 is 11.5 Å². The Balaban J connectivity index is 1.71. The summed E-state index contributed by atoms with van der Waals surface area (Å²) in [5.41, 5.74) is 6.55. The molecule has 3 rings (SSSR count). The van der Waals surface area contributed by atoms with Gasteiger partial charge in [0, 0.05) is 45.1 Å². The smallest absolute Gasteiger partial charge is 0.203 e. The fourth-order valence-electron chi connectivity index (χ4n) is 2.81. The fraction of sp³-hybridized carbons (Fsp3) is 0.643. The molecular weight excluding hydrogens is 266 g/mol. The Labute approximate surface area is 124 Å². The van der Waals surface area contributed by atoms with Crippen molar-refractivity contribution in [2.24, 2.45) is 11.7 Å². The second kappa shape index (κ2) is 5.95. The standard InChI is InChI=1S/C14H23N7/c1-11(9-15)10-19-5-7-20(8-6-19)13-14-18-17-12(2)21(14)4-3-16-13/h3-4,11H,5-10,15H2,1-2H3. The van der Waals surface area contributed by atoms with Crippen molar-refractivity contribution in [3.63, 3.8) is 0 Å². The van der Waals surface area contributed by atoms with E-state index in [-0.39, 0.29) is 0 Å². The second-order valence-electron chi connectivity index (χ2n) is 5.82. The summed E-state index contributed by atoms with van der Waals surface area (Å²) in [7, 11) is 0. The molecule has 1 saturated heterocycles. The first-order valence-electron chi connectivity index (χ1n) is 7.52. The highest BCUT2D eigenvalue weighted by molar-refractivity contribution is 5.63. The topological polar surface area (TPSA) is 75.6 Å². The van der Waals surface area contributed by atoms with E-state index in [4.69, 9.17) is 5.73 Å². The first kappa shape index (κ1) is 14.2. The fourth-order valence-corrected chi connectivity index (χ4v) is 2.81. The lowest BCUT2D eigenvalue weighted by Crippen LogP contribution is -2.48. The third-order valence-electron chi connectivity index (χ3n) is 4.12. The van der Waals surface area contributed by atoms with Gasteiger partial charge < -0.3 is 10.6 Å². The molecule has 1 aliphatic rings. The molecule has 0 aromatic carbocycles. The first-order valence-corrected chi connectivity index (χ1v) is 7.52. The van der Waals surface area contributed by atoms with Crippen molar-refractivity contribution in [1.29, 1.82) is 0 Å². The van der Waals surface area contributed by atoms with E-state index < -0.39 is 0 Å². The average molecular weight is 289 g/mol. The Hall–Kier alpha value is -1.73. The van der Waals surface area contributed by atoms with Gasteiger partial charge >= 0.3 is 0 Å². The quantitative estimate of drug-likeness (QED) is 0.863. The SMILES string of the molecule is Cc1nnc2c(N3CCN(CC(C)CN)CC3)nccn12. The van der Waals surface area contributed by atoms with E-state index in [1.54, 1.807) is 0 Å². The number of nitrogens with zero attached hydrogens (tertiary/aromatic N) is 6. The van der Waals surface area contributed by atoms with Crippen LogP contribution in [0.4, 0.5) is 5.82 Å². The zero-order valence-electron chi connectivity index (χ0n) is 12.7. The van der Waals surface area contributed by atoms with Gasteiger partial charge in [0.05, 0.1) is 0 Å². The van der Waals surface area contributed by atoms with Gasteiger partial charge in [0.25, 0.3) is 0 Å². The number of hydrogen-bond donors (Lipinski definition) is 1. The molecule has 0 saturated carbocycles. The molecule has 7 nitrogen and oxygen atoms in total. The molecule has 0 spiro atoms. The van der Waals surface area contributed by atoms with Crippen LogP contribution in [0.2, 0.25) is 0 Å². The van der Waals surface area contributed by atoms with Gasteiger partial charge in [-0.15, -0.1) is 10.2 Å². The molecule has 7 heteroatoms. The van der Waals surface area contributed by atoms with Crippen LogP contribution in [0.15, 0.2) is 12.4 Å². The predicted molar refractivity (Wildman–Crippen MR) is 82.4 cm³/mol. The van der Waals surface area contributed by atoms with Crippen molar-refractivity contribution in [2.45, 2.75) is 13.8 Å². The number of nitrogens with two attached hydrogens (primary N) is 1. The largest absolute Gasteiger partial charge is 0.351 e. The monoisotopic (exact) mass is 289 g/mol. The number of piperazine rings is 1. The molecule has 1 fully saturated rings. The van der Waals surface area contributed by atoms with E-state index in [0.717, 1.165) is 56.6 Å². The molecule has 1 unspecified atom stereocenters. The molecule has 2 aromatic rings. The highest BCUT2D eigenvalue weighted by Gasteiger charge is 2.21. The minimum absolute atomic E-state index is 0.553. The van der Waals surface area contributed by atoms with Gasteiger partial charge in [-0.1, -0.05) is 6.92 Å². The van der Waals surface area contributed by atoms with E-state index in [9.17, 15) is 0 Å². The van der Waals surface area contributed by atoms with Crippen LogP contribution >= 0.6 is 0 Å². The third-order valence-corrected chi connectivity index (χ3v) is 4.12. The molecule has 0 bridgehead atoms. The summed E-state index contributed by atoms with van der Waals surface area (Å²) >= 11 is 0. The molecule has 2 aromatic heterocycles. The molecule has 0 amide bonds. The molecule has 0 radical (unpaired) electrons. The van der Waals surface area contributed by atoms with Crippen LogP contribution in [0, 0.1) is 12.8 Å². The van der Waals surface area contributed by atoms with Crippen LogP contribution < -0.4 is 10.6 Å². The summed E-state index contributed by atoms with van der Waals surface area (Å²) in [5, 5.41) is 8.39. The van der Waals surface area contributed by atoms with Crippen molar-refractivity contribution in [1.82, 2.24) is 24.5 Å². The van der Waals surface area contributed by atoms with Gasteiger partial charge in [-0.3, -0.25) is 9.30 Å².